The molecule has 0 amide bonds. The van der Waals surface area contributed by atoms with Crippen LogP contribution in [0, 0.1) is 17.6 Å². The van der Waals surface area contributed by atoms with Crippen molar-refractivity contribution in [2.45, 2.75) is 38.2 Å². The number of benzene rings is 1. The minimum Gasteiger partial charge on any atom is -0.469 e. The highest BCUT2D eigenvalue weighted by Crippen LogP contribution is 2.29. The second-order valence-corrected chi connectivity index (χ2v) is 8.86. The lowest BCUT2D eigenvalue weighted by atomic mass is 9.85. The van der Waals surface area contributed by atoms with Crippen molar-refractivity contribution in [3.8, 4) is 40.0 Å². The molecule has 1 aliphatic rings. The van der Waals surface area contributed by atoms with E-state index in [1.165, 1.54) is 13.2 Å². The lowest BCUT2D eigenvalue weighted by molar-refractivity contribution is -0.142. The van der Waals surface area contributed by atoms with Crippen LogP contribution >= 0.6 is 0 Å². The molecular formula is C26H24F2N6O3. The summed E-state index contributed by atoms with van der Waals surface area (Å²) in [6.45, 7) is 0. The predicted octanol–water partition coefficient (Wildman–Crippen LogP) is 4.77. The monoisotopic (exact) mass is 506 g/mol. The van der Waals surface area contributed by atoms with E-state index in [9.17, 15) is 13.6 Å². The van der Waals surface area contributed by atoms with Gasteiger partial charge in [0, 0.05) is 41.7 Å². The fraction of sp³-hybridized carbons (Fsp3) is 0.308. The highest BCUT2D eigenvalue weighted by molar-refractivity contribution is 5.69. The molecule has 1 aliphatic carbocycles. The summed E-state index contributed by atoms with van der Waals surface area (Å²) in [4.78, 5) is 28.9. The van der Waals surface area contributed by atoms with Gasteiger partial charge in [-0.1, -0.05) is 0 Å². The van der Waals surface area contributed by atoms with E-state index in [4.69, 9.17) is 9.47 Å². The highest BCUT2D eigenvalue weighted by Gasteiger charge is 2.25. The summed E-state index contributed by atoms with van der Waals surface area (Å²) in [5, 5.41) is 6.88. The van der Waals surface area contributed by atoms with Gasteiger partial charge in [0.15, 0.2) is 23.3 Å². The number of nitrogens with zero attached hydrogens (tertiary/aromatic N) is 5. The number of hydrogen-bond acceptors (Lipinski definition) is 8. The molecule has 1 aromatic carbocycles. The van der Waals surface area contributed by atoms with Gasteiger partial charge in [-0.2, -0.15) is 5.10 Å². The minimum absolute atomic E-state index is 0.0230. The zero-order chi connectivity index (χ0) is 25.8. The smallest absolute Gasteiger partial charge is 0.316 e. The van der Waals surface area contributed by atoms with Gasteiger partial charge in [-0.05, 0) is 61.9 Å². The predicted molar refractivity (Wildman–Crippen MR) is 129 cm³/mol. The second kappa shape index (κ2) is 10.8. The summed E-state index contributed by atoms with van der Waals surface area (Å²) in [5.41, 5.74) is 2.42. The summed E-state index contributed by atoms with van der Waals surface area (Å²) in [6, 6.07) is 7.43. The molecule has 0 saturated heterocycles. The number of ether oxygens (including phenoxy) is 2. The lowest BCUT2D eigenvalue weighted by Gasteiger charge is -2.27. The number of pyridine rings is 1. The molecule has 37 heavy (non-hydrogen) atoms. The number of esters is 1. The number of aromatic amines is 1. The largest absolute Gasteiger partial charge is 0.469 e. The Kier molecular flexibility index (Phi) is 7.11. The summed E-state index contributed by atoms with van der Waals surface area (Å²) < 4.78 is 37.4. The van der Waals surface area contributed by atoms with E-state index >= 15 is 0 Å². The number of H-pyrrole nitrogens is 1. The summed E-state index contributed by atoms with van der Waals surface area (Å²) in [6.07, 6.45) is 8.89. The van der Waals surface area contributed by atoms with Gasteiger partial charge >= 0.3 is 12.0 Å². The maximum atomic E-state index is 13.5. The van der Waals surface area contributed by atoms with Crippen LogP contribution in [0.2, 0.25) is 0 Å². The van der Waals surface area contributed by atoms with Gasteiger partial charge in [0.25, 0.3) is 0 Å². The first-order valence-corrected chi connectivity index (χ1v) is 11.9. The normalized spacial score (nSPS) is 17.4. The molecule has 0 bridgehead atoms. The van der Waals surface area contributed by atoms with Gasteiger partial charge in [0.1, 0.15) is 6.10 Å². The van der Waals surface area contributed by atoms with E-state index in [2.05, 4.69) is 30.1 Å². The van der Waals surface area contributed by atoms with E-state index in [1.807, 2.05) is 0 Å². The van der Waals surface area contributed by atoms with Crippen LogP contribution in [-0.4, -0.2) is 49.3 Å². The SMILES string of the molecule is COC(=O)CC1CCC(Oc2ncc(-c3ccc(-c4n[nH]c(-c5ccc(F)c(F)c5)n4)cn3)cn2)CC1. The number of carbonyl (C=O) groups excluding carboxylic acids is 1. The highest BCUT2D eigenvalue weighted by atomic mass is 19.2. The molecule has 1 saturated carbocycles. The number of methoxy groups -OCH3 is 1. The molecule has 3 heterocycles. The summed E-state index contributed by atoms with van der Waals surface area (Å²) in [7, 11) is 1.41. The molecule has 3 aromatic heterocycles. The van der Waals surface area contributed by atoms with Crippen LogP contribution in [0.3, 0.4) is 0 Å². The third-order valence-corrected chi connectivity index (χ3v) is 6.37. The summed E-state index contributed by atoms with van der Waals surface area (Å²) >= 11 is 0. The van der Waals surface area contributed by atoms with Gasteiger partial charge in [-0.15, -0.1) is 0 Å². The first-order valence-electron chi connectivity index (χ1n) is 11.9. The fourth-order valence-corrected chi connectivity index (χ4v) is 4.29. The third-order valence-electron chi connectivity index (χ3n) is 6.37. The number of nitrogens with one attached hydrogen (secondary N) is 1. The van der Waals surface area contributed by atoms with Gasteiger partial charge in [0.2, 0.25) is 0 Å². The standard InChI is InChI=1S/C26H24F2N6O3/c1-36-23(35)10-15-2-6-19(7-3-15)37-26-30-13-18(14-31-26)22-9-5-17(12-29-22)25-32-24(33-34-25)16-4-8-20(27)21(28)11-16/h4-5,8-9,11-15,19H,2-3,6-7,10H2,1H3,(H,32,33,34). The van der Waals surface area contributed by atoms with Gasteiger partial charge in [-0.3, -0.25) is 14.9 Å². The van der Waals surface area contributed by atoms with Crippen molar-refractivity contribution in [1.29, 1.82) is 0 Å². The van der Waals surface area contributed by atoms with Crippen molar-refractivity contribution in [1.82, 2.24) is 30.1 Å². The van der Waals surface area contributed by atoms with Gasteiger partial charge in [0.05, 0.1) is 12.8 Å². The first kappa shape index (κ1) is 24.4. The molecular weight excluding hydrogens is 482 g/mol. The van der Waals surface area contributed by atoms with Crippen molar-refractivity contribution in [3.63, 3.8) is 0 Å². The third kappa shape index (κ3) is 5.76. The van der Waals surface area contributed by atoms with E-state index in [0.717, 1.165) is 43.4 Å². The Labute approximate surface area is 211 Å². The van der Waals surface area contributed by atoms with E-state index in [1.54, 1.807) is 30.7 Å². The number of carbonyl (C=O) groups is 1. The number of hydrogen-bond donors (Lipinski definition) is 1. The van der Waals surface area contributed by atoms with Crippen LogP contribution in [0.5, 0.6) is 6.01 Å². The molecule has 1 fully saturated rings. The molecule has 0 radical (unpaired) electrons. The van der Waals surface area contributed by atoms with Crippen molar-refractivity contribution in [3.05, 3.63) is 60.6 Å². The fourth-order valence-electron chi connectivity index (χ4n) is 4.29. The van der Waals surface area contributed by atoms with E-state index in [-0.39, 0.29) is 12.1 Å². The zero-order valence-corrected chi connectivity index (χ0v) is 20.0. The Bertz CT molecular complexity index is 1370. The van der Waals surface area contributed by atoms with Crippen LogP contribution in [0.25, 0.3) is 34.0 Å². The molecule has 0 unspecified atom stereocenters. The lowest BCUT2D eigenvalue weighted by Crippen LogP contribution is -2.26. The molecule has 1 N–H and O–H groups in total. The van der Waals surface area contributed by atoms with Crippen LogP contribution in [0.1, 0.15) is 32.1 Å². The molecule has 0 aliphatic heterocycles. The van der Waals surface area contributed by atoms with E-state index in [0.29, 0.717) is 46.8 Å². The van der Waals surface area contributed by atoms with Crippen LogP contribution in [0.4, 0.5) is 8.78 Å². The van der Waals surface area contributed by atoms with Crippen LogP contribution in [-0.2, 0) is 9.53 Å². The average Bonchev–Trinajstić information content (AvgIpc) is 3.42. The maximum Gasteiger partial charge on any atom is 0.316 e. The molecule has 11 heteroatoms. The quantitative estimate of drug-likeness (QED) is 0.357. The van der Waals surface area contributed by atoms with Crippen molar-refractivity contribution < 1.29 is 23.0 Å². The average molecular weight is 507 g/mol. The zero-order valence-electron chi connectivity index (χ0n) is 20.0. The molecule has 190 valence electrons. The number of halogens is 2. The molecule has 9 nitrogen and oxygen atoms in total. The topological polar surface area (TPSA) is 116 Å². The van der Waals surface area contributed by atoms with Crippen LogP contribution < -0.4 is 4.74 Å². The maximum absolute atomic E-state index is 13.5. The van der Waals surface area contributed by atoms with Crippen molar-refractivity contribution >= 4 is 5.97 Å². The van der Waals surface area contributed by atoms with E-state index < -0.39 is 11.6 Å². The Hall–Kier alpha value is -4.28. The Balaban J connectivity index is 1.19. The Morgan fingerprint density at radius 2 is 1.68 bits per heavy atom. The molecule has 0 spiro atoms. The summed E-state index contributed by atoms with van der Waals surface area (Å²) in [5.74, 6) is -1.02. The van der Waals surface area contributed by atoms with Crippen LogP contribution in [0.15, 0.2) is 48.9 Å². The second-order valence-electron chi connectivity index (χ2n) is 8.86. The minimum atomic E-state index is -0.955. The van der Waals surface area contributed by atoms with Crippen molar-refractivity contribution in [2.24, 2.45) is 5.92 Å². The van der Waals surface area contributed by atoms with Gasteiger partial charge < -0.3 is 9.47 Å². The number of aromatic nitrogens is 6. The Morgan fingerprint density at radius 1 is 0.946 bits per heavy atom. The molecule has 5 rings (SSSR count). The van der Waals surface area contributed by atoms with Crippen molar-refractivity contribution in [2.75, 3.05) is 7.11 Å². The number of rotatable bonds is 7. The molecule has 4 aromatic rings. The first-order chi connectivity index (χ1) is 18.0. The molecule has 0 atom stereocenters. The van der Waals surface area contributed by atoms with Gasteiger partial charge in [-0.25, -0.2) is 23.7 Å². The Morgan fingerprint density at radius 3 is 2.35 bits per heavy atom.